The van der Waals surface area contributed by atoms with E-state index in [0.717, 1.165) is 11.5 Å². The second-order valence-electron chi connectivity index (χ2n) is 5.58. The lowest BCUT2D eigenvalue weighted by atomic mass is 9.86. The molecule has 2 aliphatic rings. The quantitative estimate of drug-likeness (QED) is 0.758. The summed E-state index contributed by atoms with van der Waals surface area (Å²) in [5, 5.41) is 3.63. The molecule has 2 fully saturated rings. The third-order valence-corrected chi connectivity index (χ3v) is 5.69. The van der Waals surface area contributed by atoms with Gasteiger partial charge in [0, 0.05) is 11.8 Å². The van der Waals surface area contributed by atoms with Gasteiger partial charge in [0.25, 0.3) is 0 Å². The number of hydrogen-bond acceptors (Lipinski definition) is 3. The summed E-state index contributed by atoms with van der Waals surface area (Å²) < 4.78 is 0. The summed E-state index contributed by atoms with van der Waals surface area (Å²) in [6, 6.07) is 0.492. The van der Waals surface area contributed by atoms with Crippen LogP contribution in [0.25, 0.3) is 0 Å². The van der Waals surface area contributed by atoms with Crippen LogP contribution in [0.5, 0.6) is 0 Å². The second-order valence-corrected chi connectivity index (χ2v) is 6.61. The largest absolute Gasteiger partial charge is 0.368 e. The molecule has 0 aromatic carbocycles. The van der Waals surface area contributed by atoms with Crippen LogP contribution in [-0.2, 0) is 4.79 Å². The molecule has 1 saturated carbocycles. The van der Waals surface area contributed by atoms with E-state index in [1.54, 1.807) is 0 Å². The number of nitrogens with one attached hydrogen (secondary N) is 1. The maximum atomic E-state index is 11.8. The van der Waals surface area contributed by atoms with Crippen LogP contribution in [0, 0.1) is 5.92 Å². The first kappa shape index (κ1) is 13.2. The zero-order chi connectivity index (χ0) is 12.3. The zero-order valence-electron chi connectivity index (χ0n) is 10.7. The van der Waals surface area contributed by atoms with Crippen molar-refractivity contribution in [2.45, 2.75) is 57.0 Å². The molecule has 2 atom stereocenters. The number of hydrogen-bond donors (Lipinski definition) is 2. The van der Waals surface area contributed by atoms with Gasteiger partial charge in [0.1, 0.15) is 5.54 Å². The lowest BCUT2D eigenvalue weighted by Gasteiger charge is -2.35. The molecule has 1 amide bonds. The van der Waals surface area contributed by atoms with Gasteiger partial charge < -0.3 is 5.73 Å². The highest BCUT2D eigenvalue weighted by atomic mass is 32.2. The maximum absolute atomic E-state index is 11.8. The normalized spacial score (nSPS) is 35.7. The van der Waals surface area contributed by atoms with Crippen molar-refractivity contribution in [2.75, 3.05) is 11.5 Å². The molecular weight excluding hydrogens is 232 g/mol. The van der Waals surface area contributed by atoms with Crippen molar-refractivity contribution in [1.29, 1.82) is 0 Å². The molecule has 2 unspecified atom stereocenters. The SMILES string of the molecule is CC1CSCC1(NC1CCCCCC1)C(N)=O. The molecule has 0 aromatic heterocycles. The van der Waals surface area contributed by atoms with Crippen molar-refractivity contribution in [1.82, 2.24) is 5.32 Å². The predicted octanol–water partition coefficient (Wildman–Crippen LogP) is 1.91. The van der Waals surface area contributed by atoms with Crippen LogP contribution in [0.15, 0.2) is 0 Å². The molecule has 1 aliphatic carbocycles. The highest BCUT2D eigenvalue weighted by molar-refractivity contribution is 7.99. The average Bonchev–Trinajstić information content (AvgIpc) is 2.52. The Labute approximate surface area is 108 Å². The Bertz CT molecular complexity index is 277. The minimum Gasteiger partial charge on any atom is -0.368 e. The van der Waals surface area contributed by atoms with Gasteiger partial charge in [-0.1, -0.05) is 32.6 Å². The number of primary amides is 1. The molecule has 17 heavy (non-hydrogen) atoms. The lowest BCUT2D eigenvalue weighted by Crippen LogP contribution is -2.62. The minimum atomic E-state index is -0.445. The smallest absolute Gasteiger partial charge is 0.238 e. The van der Waals surface area contributed by atoms with Crippen molar-refractivity contribution < 1.29 is 4.79 Å². The second kappa shape index (κ2) is 5.61. The third kappa shape index (κ3) is 2.79. The summed E-state index contributed by atoms with van der Waals surface area (Å²) in [4.78, 5) is 11.8. The van der Waals surface area contributed by atoms with Crippen LogP contribution in [0.4, 0.5) is 0 Å². The van der Waals surface area contributed by atoms with Gasteiger partial charge in [-0.25, -0.2) is 0 Å². The summed E-state index contributed by atoms with van der Waals surface area (Å²) in [7, 11) is 0. The Morgan fingerprint density at radius 1 is 1.29 bits per heavy atom. The predicted molar refractivity (Wildman–Crippen MR) is 73.0 cm³/mol. The molecule has 0 spiro atoms. The van der Waals surface area contributed by atoms with Gasteiger partial charge in [-0.05, 0) is 24.5 Å². The summed E-state index contributed by atoms with van der Waals surface area (Å²) in [6.45, 7) is 2.15. The van der Waals surface area contributed by atoms with E-state index >= 15 is 0 Å². The Balaban J connectivity index is 2.04. The van der Waals surface area contributed by atoms with E-state index in [-0.39, 0.29) is 5.91 Å². The highest BCUT2D eigenvalue weighted by Crippen LogP contribution is 2.35. The van der Waals surface area contributed by atoms with E-state index in [1.807, 2.05) is 11.8 Å². The monoisotopic (exact) mass is 256 g/mol. The molecule has 0 aromatic rings. The number of carbonyl (C=O) groups excluding carboxylic acids is 1. The van der Waals surface area contributed by atoms with Gasteiger partial charge in [0.05, 0.1) is 0 Å². The molecule has 3 nitrogen and oxygen atoms in total. The van der Waals surface area contributed by atoms with Crippen LogP contribution in [0.3, 0.4) is 0 Å². The third-order valence-electron chi connectivity index (χ3n) is 4.30. The number of rotatable bonds is 3. The van der Waals surface area contributed by atoms with Gasteiger partial charge in [0.2, 0.25) is 5.91 Å². The molecule has 0 radical (unpaired) electrons. The molecule has 98 valence electrons. The fourth-order valence-corrected chi connectivity index (χ4v) is 4.63. The van der Waals surface area contributed by atoms with Gasteiger partial charge >= 0.3 is 0 Å². The van der Waals surface area contributed by atoms with Crippen LogP contribution < -0.4 is 11.1 Å². The van der Waals surface area contributed by atoms with Crippen LogP contribution in [0.2, 0.25) is 0 Å². The van der Waals surface area contributed by atoms with E-state index in [1.165, 1.54) is 38.5 Å². The average molecular weight is 256 g/mol. The Morgan fingerprint density at radius 3 is 2.41 bits per heavy atom. The molecule has 1 aliphatic heterocycles. The van der Waals surface area contributed by atoms with Crippen molar-refractivity contribution in [3.05, 3.63) is 0 Å². The standard InChI is InChI=1S/C13H24N2OS/c1-10-8-17-9-13(10,12(14)16)15-11-6-4-2-3-5-7-11/h10-11,15H,2-9H2,1H3,(H2,14,16). The molecule has 0 bridgehead atoms. The van der Waals surface area contributed by atoms with Gasteiger partial charge in [-0.3, -0.25) is 10.1 Å². The van der Waals surface area contributed by atoms with Crippen molar-refractivity contribution >= 4 is 17.7 Å². The first-order valence-corrected chi connectivity index (χ1v) is 7.96. The van der Waals surface area contributed by atoms with E-state index < -0.39 is 5.54 Å². The molecule has 3 N–H and O–H groups in total. The fraction of sp³-hybridized carbons (Fsp3) is 0.923. The molecule has 2 rings (SSSR count). The molecule has 1 saturated heterocycles. The molecular formula is C13H24N2OS. The number of thioether (sulfide) groups is 1. The number of amides is 1. The van der Waals surface area contributed by atoms with E-state index in [4.69, 9.17) is 5.73 Å². The van der Waals surface area contributed by atoms with Crippen LogP contribution >= 0.6 is 11.8 Å². The Kier molecular flexibility index (Phi) is 4.36. The Hall–Kier alpha value is -0.220. The minimum absolute atomic E-state index is 0.153. The van der Waals surface area contributed by atoms with Crippen LogP contribution in [-0.4, -0.2) is 29.0 Å². The summed E-state index contributed by atoms with van der Waals surface area (Å²) in [5.41, 5.74) is 5.22. The summed E-state index contributed by atoms with van der Waals surface area (Å²) in [6.07, 6.45) is 7.65. The van der Waals surface area contributed by atoms with Crippen molar-refractivity contribution in [3.63, 3.8) is 0 Å². The van der Waals surface area contributed by atoms with Gasteiger partial charge in [-0.2, -0.15) is 11.8 Å². The van der Waals surface area contributed by atoms with Gasteiger partial charge in [0.15, 0.2) is 0 Å². The first-order chi connectivity index (χ1) is 8.15. The van der Waals surface area contributed by atoms with Crippen molar-refractivity contribution in [2.24, 2.45) is 11.7 Å². The maximum Gasteiger partial charge on any atom is 0.238 e. The van der Waals surface area contributed by atoms with E-state index in [0.29, 0.717) is 12.0 Å². The summed E-state index contributed by atoms with van der Waals surface area (Å²) >= 11 is 1.85. The van der Waals surface area contributed by atoms with Crippen LogP contribution in [0.1, 0.15) is 45.4 Å². The van der Waals surface area contributed by atoms with E-state index in [2.05, 4.69) is 12.2 Å². The number of nitrogens with two attached hydrogens (primary N) is 1. The first-order valence-electron chi connectivity index (χ1n) is 6.80. The van der Waals surface area contributed by atoms with E-state index in [9.17, 15) is 4.79 Å². The van der Waals surface area contributed by atoms with Crippen molar-refractivity contribution in [3.8, 4) is 0 Å². The lowest BCUT2D eigenvalue weighted by molar-refractivity contribution is -0.125. The fourth-order valence-electron chi connectivity index (χ4n) is 3.04. The van der Waals surface area contributed by atoms with Gasteiger partial charge in [-0.15, -0.1) is 0 Å². The molecule has 1 heterocycles. The topological polar surface area (TPSA) is 55.1 Å². The number of carbonyl (C=O) groups is 1. The molecule has 4 heteroatoms. The highest BCUT2D eigenvalue weighted by Gasteiger charge is 2.46. The zero-order valence-corrected chi connectivity index (χ0v) is 11.5. The summed E-state index contributed by atoms with van der Waals surface area (Å²) in [5.74, 6) is 2.09. The Morgan fingerprint density at radius 2 is 1.94 bits per heavy atom.